The Kier molecular flexibility index (Phi) is 6.29. The SMILES string of the molecule is CCCCOc1cc(C(F)(F)F)ccc1NC(=O)NC(C)(C)C. The van der Waals surface area contributed by atoms with E-state index >= 15 is 0 Å². The average molecular weight is 332 g/mol. The van der Waals surface area contributed by atoms with E-state index in [-0.39, 0.29) is 18.0 Å². The molecule has 4 nitrogen and oxygen atoms in total. The molecule has 0 unspecified atom stereocenters. The number of ether oxygens (including phenoxy) is 1. The Morgan fingerprint density at radius 2 is 1.87 bits per heavy atom. The molecule has 2 N–H and O–H groups in total. The van der Waals surface area contributed by atoms with Crippen molar-refractivity contribution >= 4 is 11.7 Å². The Bertz CT molecular complexity index is 537. The number of benzene rings is 1. The topological polar surface area (TPSA) is 50.4 Å². The number of rotatable bonds is 5. The van der Waals surface area contributed by atoms with Gasteiger partial charge in [0.1, 0.15) is 5.75 Å². The molecule has 0 heterocycles. The number of hydrogen-bond donors (Lipinski definition) is 2. The largest absolute Gasteiger partial charge is 0.491 e. The van der Waals surface area contributed by atoms with Gasteiger partial charge in [0.2, 0.25) is 0 Å². The van der Waals surface area contributed by atoms with E-state index in [1.165, 1.54) is 6.07 Å². The average Bonchev–Trinajstić information content (AvgIpc) is 2.37. The molecule has 7 heteroatoms. The quantitative estimate of drug-likeness (QED) is 0.761. The molecular weight excluding hydrogens is 309 g/mol. The monoisotopic (exact) mass is 332 g/mol. The van der Waals surface area contributed by atoms with Gasteiger partial charge in [-0.1, -0.05) is 13.3 Å². The third-order valence-corrected chi connectivity index (χ3v) is 2.80. The molecule has 1 aromatic rings. The predicted molar refractivity (Wildman–Crippen MR) is 83.8 cm³/mol. The fourth-order valence-corrected chi connectivity index (χ4v) is 1.74. The molecule has 0 fully saturated rings. The summed E-state index contributed by atoms with van der Waals surface area (Å²) in [6, 6.07) is 2.52. The van der Waals surface area contributed by atoms with Crippen molar-refractivity contribution in [3.05, 3.63) is 23.8 Å². The van der Waals surface area contributed by atoms with Gasteiger partial charge in [-0.2, -0.15) is 13.2 Å². The molecule has 0 aliphatic carbocycles. The maximum absolute atomic E-state index is 12.8. The third-order valence-electron chi connectivity index (χ3n) is 2.80. The van der Waals surface area contributed by atoms with E-state index in [0.29, 0.717) is 6.42 Å². The minimum atomic E-state index is -4.46. The highest BCUT2D eigenvalue weighted by molar-refractivity contribution is 5.91. The van der Waals surface area contributed by atoms with Gasteiger partial charge in [0.05, 0.1) is 17.9 Å². The van der Waals surface area contributed by atoms with Crippen molar-refractivity contribution in [3.63, 3.8) is 0 Å². The van der Waals surface area contributed by atoms with Gasteiger partial charge in [0, 0.05) is 5.54 Å². The summed E-state index contributed by atoms with van der Waals surface area (Å²) in [7, 11) is 0. The number of amides is 2. The van der Waals surface area contributed by atoms with Crippen LogP contribution in [0.4, 0.5) is 23.7 Å². The lowest BCUT2D eigenvalue weighted by Crippen LogP contribution is -2.43. The number of alkyl halides is 3. The Morgan fingerprint density at radius 1 is 1.22 bits per heavy atom. The van der Waals surface area contributed by atoms with Crippen LogP contribution in [-0.2, 0) is 6.18 Å². The van der Waals surface area contributed by atoms with Crippen LogP contribution < -0.4 is 15.4 Å². The number of halogens is 3. The molecule has 0 atom stereocenters. The van der Waals surface area contributed by atoms with Crippen molar-refractivity contribution in [1.82, 2.24) is 5.32 Å². The number of anilines is 1. The summed E-state index contributed by atoms with van der Waals surface area (Å²) in [5.41, 5.74) is -1.07. The Balaban J connectivity index is 2.97. The minimum Gasteiger partial charge on any atom is -0.491 e. The number of carbonyl (C=O) groups excluding carboxylic acids is 1. The van der Waals surface area contributed by atoms with Gasteiger partial charge in [0.15, 0.2) is 0 Å². The van der Waals surface area contributed by atoms with Gasteiger partial charge >= 0.3 is 12.2 Å². The summed E-state index contributed by atoms with van der Waals surface area (Å²) in [6.45, 7) is 7.65. The van der Waals surface area contributed by atoms with E-state index in [1.807, 2.05) is 6.92 Å². The molecule has 0 spiro atoms. The summed E-state index contributed by atoms with van der Waals surface area (Å²) < 4.78 is 43.9. The summed E-state index contributed by atoms with van der Waals surface area (Å²) >= 11 is 0. The number of nitrogens with one attached hydrogen (secondary N) is 2. The molecule has 1 aromatic carbocycles. The molecule has 0 aliphatic rings. The number of carbonyl (C=O) groups is 1. The van der Waals surface area contributed by atoms with E-state index in [9.17, 15) is 18.0 Å². The zero-order valence-electron chi connectivity index (χ0n) is 13.8. The highest BCUT2D eigenvalue weighted by atomic mass is 19.4. The first kappa shape index (κ1) is 19.1. The molecule has 0 saturated carbocycles. The van der Waals surface area contributed by atoms with E-state index in [4.69, 9.17) is 4.74 Å². The van der Waals surface area contributed by atoms with Gasteiger partial charge in [-0.3, -0.25) is 0 Å². The van der Waals surface area contributed by atoms with Gasteiger partial charge in [-0.25, -0.2) is 4.79 Å². The van der Waals surface area contributed by atoms with Gasteiger partial charge in [-0.15, -0.1) is 0 Å². The molecule has 23 heavy (non-hydrogen) atoms. The Hall–Kier alpha value is -1.92. The lowest BCUT2D eigenvalue weighted by molar-refractivity contribution is -0.137. The van der Waals surface area contributed by atoms with Gasteiger partial charge < -0.3 is 15.4 Å². The van der Waals surface area contributed by atoms with Crippen LogP contribution in [0.3, 0.4) is 0 Å². The van der Waals surface area contributed by atoms with Crippen molar-refractivity contribution < 1.29 is 22.7 Å². The molecule has 2 amide bonds. The second kappa shape index (κ2) is 7.57. The van der Waals surface area contributed by atoms with Crippen molar-refractivity contribution in [2.24, 2.45) is 0 Å². The maximum atomic E-state index is 12.8. The molecule has 0 radical (unpaired) electrons. The lowest BCUT2D eigenvalue weighted by atomic mass is 10.1. The van der Waals surface area contributed by atoms with Crippen LogP contribution in [-0.4, -0.2) is 18.2 Å². The van der Waals surface area contributed by atoms with E-state index in [2.05, 4.69) is 10.6 Å². The molecular formula is C16H23F3N2O2. The number of hydrogen-bond acceptors (Lipinski definition) is 2. The van der Waals surface area contributed by atoms with Crippen molar-refractivity contribution in [2.45, 2.75) is 52.3 Å². The molecule has 130 valence electrons. The smallest absolute Gasteiger partial charge is 0.416 e. The number of unbranched alkanes of at least 4 members (excludes halogenated alkanes) is 1. The van der Waals surface area contributed by atoms with Crippen LogP contribution in [0.5, 0.6) is 5.75 Å². The second-order valence-electron chi connectivity index (χ2n) is 6.24. The second-order valence-corrected chi connectivity index (χ2v) is 6.24. The summed E-state index contributed by atoms with van der Waals surface area (Å²) in [6.07, 6.45) is -2.90. The zero-order chi connectivity index (χ0) is 17.7. The molecule has 0 saturated heterocycles. The number of urea groups is 1. The zero-order valence-corrected chi connectivity index (χ0v) is 13.8. The first-order valence-corrected chi connectivity index (χ1v) is 7.46. The van der Waals surface area contributed by atoms with Crippen LogP contribution in [0.1, 0.15) is 46.1 Å². The third kappa shape index (κ3) is 6.80. The van der Waals surface area contributed by atoms with Crippen molar-refractivity contribution in [3.8, 4) is 5.75 Å². The highest BCUT2D eigenvalue weighted by Gasteiger charge is 2.31. The van der Waals surface area contributed by atoms with Crippen LogP contribution >= 0.6 is 0 Å². The molecule has 0 bridgehead atoms. The van der Waals surface area contributed by atoms with Crippen LogP contribution in [0.15, 0.2) is 18.2 Å². The summed E-state index contributed by atoms with van der Waals surface area (Å²) in [5, 5.41) is 5.21. The summed E-state index contributed by atoms with van der Waals surface area (Å²) in [4.78, 5) is 11.9. The van der Waals surface area contributed by atoms with Crippen LogP contribution in [0.2, 0.25) is 0 Å². The van der Waals surface area contributed by atoms with E-state index in [1.54, 1.807) is 20.8 Å². The first-order chi connectivity index (χ1) is 10.5. The van der Waals surface area contributed by atoms with Crippen molar-refractivity contribution in [2.75, 3.05) is 11.9 Å². The lowest BCUT2D eigenvalue weighted by Gasteiger charge is -2.22. The maximum Gasteiger partial charge on any atom is 0.416 e. The standard InChI is InChI=1S/C16H23F3N2O2/c1-5-6-9-23-13-10-11(16(17,18)19)7-8-12(13)20-14(22)21-15(2,3)4/h7-8,10H,5-6,9H2,1-4H3,(H2,20,21,22). The molecule has 1 rings (SSSR count). The first-order valence-electron chi connectivity index (χ1n) is 7.46. The fraction of sp³-hybridized carbons (Fsp3) is 0.562. The minimum absolute atomic E-state index is 0.0114. The highest BCUT2D eigenvalue weighted by Crippen LogP contribution is 2.35. The van der Waals surface area contributed by atoms with Crippen LogP contribution in [0, 0.1) is 0 Å². The van der Waals surface area contributed by atoms with Crippen molar-refractivity contribution in [1.29, 1.82) is 0 Å². The fourth-order valence-electron chi connectivity index (χ4n) is 1.74. The Morgan fingerprint density at radius 3 is 2.39 bits per heavy atom. The predicted octanol–water partition coefficient (Wildman–Crippen LogP) is 4.80. The van der Waals surface area contributed by atoms with E-state index < -0.39 is 23.3 Å². The van der Waals surface area contributed by atoms with Crippen LogP contribution in [0.25, 0.3) is 0 Å². The summed E-state index contributed by atoms with van der Waals surface area (Å²) in [5.74, 6) is 0.0114. The normalized spacial score (nSPS) is 12.0. The molecule has 0 aromatic heterocycles. The van der Waals surface area contributed by atoms with Gasteiger partial charge in [0.25, 0.3) is 0 Å². The van der Waals surface area contributed by atoms with E-state index in [0.717, 1.165) is 18.6 Å². The molecule has 0 aliphatic heterocycles. The Labute approximate surface area is 134 Å². The van der Waals surface area contributed by atoms with Gasteiger partial charge in [-0.05, 0) is 45.4 Å².